The molecule has 0 saturated heterocycles. The van der Waals surface area contributed by atoms with Gasteiger partial charge in [-0.05, 0) is 35.1 Å². The average molecular weight is 838 g/mol. The van der Waals surface area contributed by atoms with E-state index in [1.807, 2.05) is 24.3 Å². The number of carbonyl (C=O) groups excluding carboxylic acids is 1. The predicted molar refractivity (Wildman–Crippen MR) is 222 cm³/mol. The van der Waals surface area contributed by atoms with Gasteiger partial charge in [0.1, 0.15) is 6.61 Å². The maximum absolute atomic E-state index is 12.3. The molecule has 0 spiro atoms. The van der Waals surface area contributed by atoms with E-state index in [-0.39, 0.29) is 5.92 Å². The Hall–Kier alpha value is -2.77. The molecule has 1 aliphatic carbocycles. The molecule has 0 bridgehead atoms. The van der Waals surface area contributed by atoms with Gasteiger partial charge in [-0.3, -0.25) is 0 Å². The van der Waals surface area contributed by atoms with Gasteiger partial charge in [0.2, 0.25) is 0 Å². The van der Waals surface area contributed by atoms with E-state index in [1.54, 1.807) is 0 Å². The second kappa shape index (κ2) is 37.0. The van der Waals surface area contributed by atoms with Crippen molar-refractivity contribution in [2.45, 2.75) is 32.1 Å². The smallest absolute Gasteiger partial charge is 0.407 e. The van der Waals surface area contributed by atoms with E-state index in [0.717, 1.165) is 19.4 Å². The van der Waals surface area contributed by atoms with E-state index in [9.17, 15) is 4.79 Å². The van der Waals surface area contributed by atoms with Gasteiger partial charge in [-0.2, -0.15) is 0 Å². The highest BCUT2D eigenvalue weighted by atomic mass is 16.6. The summed E-state index contributed by atoms with van der Waals surface area (Å²) in [6.45, 7) is 15.6. The normalized spacial score (nSPS) is 12.2. The van der Waals surface area contributed by atoms with Crippen LogP contribution in [0.1, 0.15) is 43.2 Å². The van der Waals surface area contributed by atoms with Gasteiger partial charge >= 0.3 is 6.09 Å². The quantitative estimate of drug-likeness (QED) is 0.0903. The van der Waals surface area contributed by atoms with Crippen molar-refractivity contribution < 1.29 is 66.4 Å². The molecule has 0 heterocycles. The molecule has 2 aromatic rings. The fraction of sp³-hybridized carbons (Fsp3) is 0.705. The number of rotatable bonds is 42. The third-order valence-electron chi connectivity index (χ3n) is 8.81. The maximum Gasteiger partial charge on any atom is 0.407 e. The van der Waals surface area contributed by atoms with Crippen LogP contribution in [0.15, 0.2) is 48.5 Å². The minimum atomic E-state index is -0.415. The largest absolute Gasteiger partial charge is 0.449 e. The zero-order chi connectivity index (χ0) is 41.5. The first-order chi connectivity index (χ1) is 29.3. The molecule has 0 atom stereocenters. The summed E-state index contributed by atoms with van der Waals surface area (Å²) in [4.78, 5) is 12.3. The first-order valence-corrected chi connectivity index (χ1v) is 21.3. The van der Waals surface area contributed by atoms with Gasteiger partial charge in [0.05, 0.1) is 145 Å². The molecule has 59 heavy (non-hydrogen) atoms. The molecule has 1 amide bonds. The highest BCUT2D eigenvalue weighted by Crippen LogP contribution is 2.44. The molecule has 15 nitrogen and oxygen atoms in total. The molecule has 0 fully saturated rings. The number of nitrogens with one attached hydrogen (secondary N) is 1. The van der Waals surface area contributed by atoms with Crippen molar-refractivity contribution in [3.05, 3.63) is 59.7 Å². The summed E-state index contributed by atoms with van der Waals surface area (Å²) in [5.41, 5.74) is 4.81. The summed E-state index contributed by atoms with van der Waals surface area (Å²) in [6.07, 6.45) is 2.50. The Morgan fingerprint density at radius 2 is 0.712 bits per heavy atom. The molecule has 336 valence electrons. The lowest BCUT2D eigenvalue weighted by atomic mass is 9.98. The van der Waals surface area contributed by atoms with Crippen molar-refractivity contribution in [3.8, 4) is 11.1 Å². The van der Waals surface area contributed by atoms with Crippen LogP contribution in [-0.4, -0.2) is 178 Å². The zero-order valence-electron chi connectivity index (χ0n) is 35.4. The molecule has 0 aliphatic heterocycles. The SMILES string of the molecule is CCCCOCCOCCOCCOCCOCCOCCOCCOCCOCCOCCOCCOCCCNC(=O)OCC1c2ccccc2-c2ccccc21. The molecule has 2 aromatic carbocycles. The average Bonchev–Trinajstić information content (AvgIpc) is 3.58. The molecule has 0 unspecified atom stereocenters. The van der Waals surface area contributed by atoms with E-state index in [0.29, 0.717) is 172 Å². The number of amides is 1. The van der Waals surface area contributed by atoms with Gasteiger partial charge in [0, 0.05) is 25.7 Å². The molecule has 0 radical (unpaired) electrons. The van der Waals surface area contributed by atoms with Crippen LogP contribution < -0.4 is 5.32 Å². The van der Waals surface area contributed by atoms with Crippen molar-refractivity contribution in [1.29, 1.82) is 0 Å². The number of fused-ring (bicyclic) bond motifs is 3. The van der Waals surface area contributed by atoms with Crippen LogP contribution in [0, 0.1) is 0 Å². The number of carbonyl (C=O) groups is 1. The van der Waals surface area contributed by atoms with Crippen molar-refractivity contribution in [3.63, 3.8) is 0 Å². The molecule has 1 N–H and O–H groups in total. The number of unbranched alkanes of at least 4 members (excludes halogenated alkanes) is 1. The standard InChI is InChI=1S/C44H71NO14/c1-2-3-14-47-16-18-49-20-22-51-24-26-53-28-30-55-32-34-57-36-37-58-35-33-56-31-29-54-27-25-52-23-21-50-19-17-48-15-8-13-45-44(46)59-38-43-41-11-6-4-9-39(41)40-10-5-7-12-42(40)43/h4-7,9-12,43H,2-3,8,13-38H2,1H3,(H,45,46). The van der Waals surface area contributed by atoms with Gasteiger partial charge < -0.3 is 66.9 Å². The Kier molecular flexibility index (Phi) is 31.7. The molecular formula is C44H71NO14. The summed E-state index contributed by atoms with van der Waals surface area (Å²) in [6, 6.07) is 16.6. The van der Waals surface area contributed by atoms with Crippen LogP contribution in [0.2, 0.25) is 0 Å². The molecule has 15 heteroatoms. The number of alkyl carbamates (subject to hydrolysis) is 1. The Balaban J connectivity index is 0.923. The third-order valence-corrected chi connectivity index (χ3v) is 8.81. The summed E-state index contributed by atoms with van der Waals surface area (Å²) < 4.78 is 71.6. The number of ether oxygens (including phenoxy) is 13. The summed E-state index contributed by atoms with van der Waals surface area (Å²) in [7, 11) is 0. The van der Waals surface area contributed by atoms with Crippen LogP contribution in [-0.2, 0) is 61.6 Å². The highest BCUT2D eigenvalue weighted by Gasteiger charge is 2.28. The summed E-state index contributed by atoms with van der Waals surface area (Å²) in [5.74, 6) is 0.0486. The summed E-state index contributed by atoms with van der Waals surface area (Å²) >= 11 is 0. The lowest BCUT2D eigenvalue weighted by Crippen LogP contribution is -2.27. The van der Waals surface area contributed by atoms with E-state index in [2.05, 4.69) is 36.5 Å². The lowest BCUT2D eigenvalue weighted by molar-refractivity contribution is -0.0283. The second-order valence-corrected chi connectivity index (χ2v) is 13.3. The highest BCUT2D eigenvalue weighted by molar-refractivity contribution is 5.79. The van der Waals surface area contributed by atoms with Crippen molar-refractivity contribution >= 4 is 6.09 Å². The molecule has 0 saturated carbocycles. The Bertz CT molecular complexity index is 1230. The van der Waals surface area contributed by atoms with E-state index < -0.39 is 6.09 Å². The predicted octanol–water partition coefficient (Wildman–Crippen LogP) is 4.91. The number of hydrogen-bond donors (Lipinski definition) is 1. The fourth-order valence-corrected chi connectivity index (χ4v) is 5.78. The van der Waals surface area contributed by atoms with Gasteiger partial charge in [-0.15, -0.1) is 0 Å². The maximum atomic E-state index is 12.3. The lowest BCUT2D eigenvalue weighted by Gasteiger charge is -2.14. The number of hydrogen-bond acceptors (Lipinski definition) is 14. The van der Waals surface area contributed by atoms with Crippen LogP contribution in [0.3, 0.4) is 0 Å². The Morgan fingerprint density at radius 3 is 1.03 bits per heavy atom. The molecule has 3 rings (SSSR count). The minimum Gasteiger partial charge on any atom is -0.449 e. The van der Waals surface area contributed by atoms with E-state index in [1.165, 1.54) is 22.3 Å². The van der Waals surface area contributed by atoms with Crippen molar-refractivity contribution in [2.75, 3.05) is 172 Å². The summed E-state index contributed by atoms with van der Waals surface area (Å²) in [5, 5.41) is 2.81. The first kappa shape index (κ1) is 50.6. The first-order valence-electron chi connectivity index (χ1n) is 21.3. The van der Waals surface area contributed by atoms with Gasteiger partial charge in [-0.25, -0.2) is 4.79 Å². The minimum absolute atomic E-state index is 0.0486. The second-order valence-electron chi connectivity index (χ2n) is 13.3. The van der Waals surface area contributed by atoms with Crippen LogP contribution in [0.4, 0.5) is 4.79 Å². The molecule has 1 aliphatic rings. The fourth-order valence-electron chi connectivity index (χ4n) is 5.78. The van der Waals surface area contributed by atoms with Gasteiger partial charge in [-0.1, -0.05) is 61.9 Å². The van der Waals surface area contributed by atoms with Crippen LogP contribution in [0.25, 0.3) is 11.1 Å². The zero-order valence-corrected chi connectivity index (χ0v) is 35.4. The Labute approximate surface area is 351 Å². The van der Waals surface area contributed by atoms with Crippen LogP contribution in [0.5, 0.6) is 0 Å². The monoisotopic (exact) mass is 837 g/mol. The van der Waals surface area contributed by atoms with Crippen LogP contribution >= 0.6 is 0 Å². The van der Waals surface area contributed by atoms with Crippen molar-refractivity contribution in [2.24, 2.45) is 0 Å². The third kappa shape index (κ3) is 25.6. The van der Waals surface area contributed by atoms with E-state index >= 15 is 0 Å². The number of benzene rings is 2. The molecular weight excluding hydrogens is 766 g/mol. The van der Waals surface area contributed by atoms with E-state index in [4.69, 9.17) is 61.6 Å². The Morgan fingerprint density at radius 1 is 0.424 bits per heavy atom. The topological polar surface area (TPSA) is 149 Å². The van der Waals surface area contributed by atoms with Crippen molar-refractivity contribution in [1.82, 2.24) is 5.32 Å². The van der Waals surface area contributed by atoms with Gasteiger partial charge in [0.15, 0.2) is 0 Å². The van der Waals surface area contributed by atoms with Gasteiger partial charge in [0.25, 0.3) is 0 Å². The molecule has 0 aromatic heterocycles.